The molecule has 0 spiro atoms. The standard InChI is InChI=1S/C23H28N4O3/c1-17(25-21(28)16-27-15-5-3-2-4-6-22(27)29)18-7-9-20(10-8-18)26-23(30)19-11-13-24-14-12-19/h7-14,17H,2-6,15-16H2,1H3,(H,25,28)(H,26,30). The third-order valence-electron chi connectivity index (χ3n) is 5.24. The number of hydrogen-bond donors (Lipinski definition) is 2. The fraction of sp³-hybridized carbons (Fsp3) is 0.391. The summed E-state index contributed by atoms with van der Waals surface area (Å²) in [5.74, 6) is -0.303. The Balaban J connectivity index is 1.52. The van der Waals surface area contributed by atoms with Crippen LogP contribution >= 0.6 is 0 Å². The Morgan fingerprint density at radius 1 is 1.03 bits per heavy atom. The van der Waals surface area contributed by atoms with Crippen molar-refractivity contribution in [3.63, 3.8) is 0 Å². The Hall–Kier alpha value is -3.22. The van der Waals surface area contributed by atoms with Gasteiger partial charge in [0.2, 0.25) is 11.8 Å². The number of aromatic nitrogens is 1. The smallest absolute Gasteiger partial charge is 0.255 e. The van der Waals surface area contributed by atoms with Crippen LogP contribution in [0.15, 0.2) is 48.8 Å². The molecular formula is C23H28N4O3. The maximum Gasteiger partial charge on any atom is 0.255 e. The maximum absolute atomic E-state index is 12.4. The van der Waals surface area contributed by atoms with E-state index in [1.54, 1.807) is 41.6 Å². The summed E-state index contributed by atoms with van der Waals surface area (Å²) in [6, 6.07) is 10.4. The van der Waals surface area contributed by atoms with Crippen LogP contribution in [0.5, 0.6) is 0 Å². The van der Waals surface area contributed by atoms with Gasteiger partial charge in [-0.3, -0.25) is 19.4 Å². The molecule has 1 fully saturated rings. The normalized spacial score (nSPS) is 15.6. The quantitative estimate of drug-likeness (QED) is 0.767. The summed E-state index contributed by atoms with van der Waals surface area (Å²) in [6.45, 7) is 2.65. The van der Waals surface area contributed by atoms with Crippen molar-refractivity contribution in [3.8, 4) is 0 Å². The molecule has 1 unspecified atom stereocenters. The molecule has 0 saturated carbocycles. The van der Waals surface area contributed by atoms with E-state index >= 15 is 0 Å². The highest BCUT2D eigenvalue weighted by Crippen LogP contribution is 2.17. The zero-order valence-electron chi connectivity index (χ0n) is 17.3. The molecule has 1 aliphatic heterocycles. The van der Waals surface area contributed by atoms with Crippen molar-refractivity contribution in [3.05, 3.63) is 59.9 Å². The summed E-state index contributed by atoms with van der Waals surface area (Å²) >= 11 is 0. The van der Waals surface area contributed by atoms with E-state index in [-0.39, 0.29) is 30.3 Å². The Morgan fingerprint density at radius 2 is 1.73 bits per heavy atom. The molecule has 30 heavy (non-hydrogen) atoms. The minimum absolute atomic E-state index is 0.0618. The largest absolute Gasteiger partial charge is 0.348 e. The number of benzene rings is 1. The average Bonchev–Trinajstić information content (AvgIpc) is 2.74. The van der Waals surface area contributed by atoms with Crippen LogP contribution in [0, 0.1) is 0 Å². The monoisotopic (exact) mass is 408 g/mol. The van der Waals surface area contributed by atoms with Crippen molar-refractivity contribution in [2.75, 3.05) is 18.4 Å². The molecule has 3 rings (SSSR count). The van der Waals surface area contributed by atoms with Crippen LogP contribution in [-0.2, 0) is 9.59 Å². The van der Waals surface area contributed by atoms with Crippen molar-refractivity contribution in [2.24, 2.45) is 0 Å². The first-order valence-electron chi connectivity index (χ1n) is 10.4. The maximum atomic E-state index is 12.4. The van der Waals surface area contributed by atoms with Crippen molar-refractivity contribution < 1.29 is 14.4 Å². The van der Waals surface area contributed by atoms with Crippen molar-refractivity contribution in [1.29, 1.82) is 0 Å². The van der Waals surface area contributed by atoms with Crippen LogP contribution in [0.2, 0.25) is 0 Å². The molecule has 1 aliphatic rings. The number of anilines is 1. The molecule has 7 nitrogen and oxygen atoms in total. The lowest BCUT2D eigenvalue weighted by molar-refractivity contribution is -0.136. The van der Waals surface area contributed by atoms with Gasteiger partial charge in [0.1, 0.15) is 0 Å². The van der Waals surface area contributed by atoms with E-state index in [1.165, 1.54) is 0 Å². The second kappa shape index (κ2) is 10.5. The van der Waals surface area contributed by atoms with Crippen LogP contribution in [0.1, 0.15) is 61.0 Å². The number of likely N-dealkylation sites (tertiary alicyclic amines) is 1. The van der Waals surface area contributed by atoms with Gasteiger partial charge < -0.3 is 15.5 Å². The highest BCUT2D eigenvalue weighted by molar-refractivity contribution is 6.04. The Bertz CT molecular complexity index is 868. The first-order valence-corrected chi connectivity index (χ1v) is 10.4. The van der Waals surface area contributed by atoms with E-state index in [0.717, 1.165) is 31.2 Å². The summed E-state index contributed by atoms with van der Waals surface area (Å²) in [6.07, 6.45) is 7.70. The van der Waals surface area contributed by atoms with Gasteiger partial charge >= 0.3 is 0 Å². The lowest BCUT2D eigenvalue weighted by Crippen LogP contribution is -2.42. The molecular weight excluding hydrogens is 380 g/mol. The average molecular weight is 409 g/mol. The molecule has 0 aliphatic carbocycles. The molecule has 2 aromatic rings. The van der Waals surface area contributed by atoms with Gasteiger partial charge in [0, 0.05) is 36.6 Å². The summed E-state index contributed by atoms with van der Waals surface area (Å²) in [5, 5.41) is 5.80. The van der Waals surface area contributed by atoms with Gasteiger partial charge in [-0.1, -0.05) is 25.0 Å². The number of amides is 3. The number of rotatable bonds is 6. The summed E-state index contributed by atoms with van der Waals surface area (Å²) < 4.78 is 0. The number of nitrogens with one attached hydrogen (secondary N) is 2. The highest BCUT2D eigenvalue weighted by Gasteiger charge is 2.19. The molecule has 1 aromatic heterocycles. The third-order valence-corrected chi connectivity index (χ3v) is 5.24. The molecule has 7 heteroatoms. The van der Waals surface area contributed by atoms with E-state index in [0.29, 0.717) is 24.2 Å². The lowest BCUT2D eigenvalue weighted by Gasteiger charge is -2.25. The Morgan fingerprint density at radius 3 is 2.47 bits per heavy atom. The first-order chi connectivity index (χ1) is 14.5. The van der Waals surface area contributed by atoms with Crippen molar-refractivity contribution in [2.45, 2.75) is 45.1 Å². The fourth-order valence-electron chi connectivity index (χ4n) is 3.49. The minimum Gasteiger partial charge on any atom is -0.348 e. The lowest BCUT2D eigenvalue weighted by atomic mass is 10.1. The number of pyridine rings is 1. The van der Waals surface area contributed by atoms with Crippen molar-refractivity contribution >= 4 is 23.4 Å². The summed E-state index contributed by atoms with van der Waals surface area (Å²) in [7, 11) is 0. The van der Waals surface area contributed by atoms with Crippen LogP contribution in [0.3, 0.4) is 0 Å². The molecule has 1 atom stereocenters. The van der Waals surface area contributed by atoms with Gasteiger partial charge in [0.05, 0.1) is 12.6 Å². The minimum atomic E-state index is -0.204. The topological polar surface area (TPSA) is 91.4 Å². The van der Waals surface area contributed by atoms with Gasteiger partial charge in [-0.05, 0) is 49.6 Å². The SMILES string of the molecule is CC(NC(=O)CN1CCCCCCC1=O)c1ccc(NC(=O)c2ccncc2)cc1. The second-order valence-electron chi connectivity index (χ2n) is 7.58. The van der Waals surface area contributed by atoms with E-state index in [1.807, 2.05) is 19.1 Å². The number of hydrogen-bond acceptors (Lipinski definition) is 4. The van der Waals surface area contributed by atoms with Gasteiger partial charge in [-0.2, -0.15) is 0 Å². The number of carbonyl (C=O) groups is 3. The molecule has 1 aromatic carbocycles. The van der Waals surface area contributed by atoms with Crippen molar-refractivity contribution in [1.82, 2.24) is 15.2 Å². The van der Waals surface area contributed by atoms with Gasteiger partial charge in [-0.25, -0.2) is 0 Å². The van der Waals surface area contributed by atoms with Gasteiger partial charge in [0.15, 0.2) is 0 Å². The number of carbonyl (C=O) groups excluding carboxylic acids is 3. The number of nitrogens with zero attached hydrogens (tertiary/aromatic N) is 2. The summed E-state index contributed by atoms with van der Waals surface area (Å²) in [5.41, 5.74) is 2.13. The predicted molar refractivity (Wildman–Crippen MR) is 115 cm³/mol. The van der Waals surface area contributed by atoms with E-state index in [2.05, 4.69) is 15.6 Å². The van der Waals surface area contributed by atoms with Gasteiger partial charge in [-0.15, -0.1) is 0 Å². The molecule has 2 N–H and O–H groups in total. The van der Waals surface area contributed by atoms with E-state index in [4.69, 9.17) is 0 Å². The molecule has 158 valence electrons. The summed E-state index contributed by atoms with van der Waals surface area (Å²) in [4.78, 5) is 42.4. The third kappa shape index (κ3) is 6.14. The fourth-order valence-corrected chi connectivity index (χ4v) is 3.49. The van der Waals surface area contributed by atoms with E-state index in [9.17, 15) is 14.4 Å². The van der Waals surface area contributed by atoms with Crippen LogP contribution < -0.4 is 10.6 Å². The molecule has 3 amide bonds. The van der Waals surface area contributed by atoms with E-state index < -0.39 is 0 Å². The predicted octanol–water partition coefficient (Wildman–Crippen LogP) is 3.30. The van der Waals surface area contributed by atoms with Crippen LogP contribution in [0.4, 0.5) is 5.69 Å². The van der Waals surface area contributed by atoms with Crippen LogP contribution in [-0.4, -0.2) is 40.7 Å². The Kier molecular flexibility index (Phi) is 7.54. The first kappa shape index (κ1) is 21.5. The molecule has 0 radical (unpaired) electrons. The molecule has 2 heterocycles. The molecule has 0 bridgehead atoms. The van der Waals surface area contributed by atoms with Gasteiger partial charge in [0.25, 0.3) is 5.91 Å². The zero-order chi connectivity index (χ0) is 21.3. The highest BCUT2D eigenvalue weighted by atomic mass is 16.2. The Labute approximate surface area is 176 Å². The zero-order valence-corrected chi connectivity index (χ0v) is 17.3. The van der Waals surface area contributed by atoms with Crippen LogP contribution in [0.25, 0.3) is 0 Å². The second-order valence-corrected chi connectivity index (χ2v) is 7.58. The molecule has 1 saturated heterocycles.